The Morgan fingerprint density at radius 2 is 1.60 bits per heavy atom. The lowest BCUT2D eigenvalue weighted by Crippen LogP contribution is -2.21. The molecule has 2 rings (SSSR count). The number of hydrogen-bond donors (Lipinski definition) is 0. The van der Waals surface area contributed by atoms with Gasteiger partial charge < -0.3 is 0 Å². The maximum atomic E-state index is 12.9. The van der Waals surface area contributed by atoms with Gasteiger partial charge >= 0.3 is 6.15 Å². The summed E-state index contributed by atoms with van der Waals surface area (Å²) in [6, 6.07) is 11.1. The summed E-state index contributed by atoms with van der Waals surface area (Å²) in [6.45, 7) is 4.05. The fraction of sp³-hybridized carbons (Fsp3) is 0.200. The largest absolute Gasteiger partial charge is 0.373 e. The smallest absolute Gasteiger partial charge is 0.281 e. The highest BCUT2D eigenvalue weighted by atomic mass is 19.1. The summed E-state index contributed by atoms with van der Waals surface area (Å²) in [5, 5.41) is 0. The van der Waals surface area contributed by atoms with Crippen molar-refractivity contribution in [3.63, 3.8) is 0 Å². The van der Waals surface area contributed by atoms with Gasteiger partial charge in [-0.25, -0.2) is 4.39 Å². The lowest BCUT2D eigenvalue weighted by molar-refractivity contribution is -0.191. The van der Waals surface area contributed by atoms with Gasteiger partial charge in [-0.3, -0.25) is 9.36 Å². The van der Waals surface area contributed by atoms with Crippen LogP contribution in [0.2, 0.25) is 0 Å². The van der Waals surface area contributed by atoms with Crippen molar-refractivity contribution in [2.45, 2.75) is 19.8 Å². The first-order valence-electron chi connectivity index (χ1n) is 5.98. The minimum Gasteiger partial charge on any atom is -0.281 e. The highest BCUT2D eigenvalue weighted by Crippen LogP contribution is 2.16. The monoisotopic (exact) mass is 275 g/mol. The lowest BCUT2D eigenvalue weighted by Gasteiger charge is -2.15. The van der Waals surface area contributed by atoms with Crippen LogP contribution in [0.15, 0.2) is 47.3 Å². The molecule has 0 aliphatic rings. The van der Waals surface area contributed by atoms with E-state index < -0.39 is 0 Å². The van der Waals surface area contributed by atoms with E-state index in [2.05, 4.69) is 0 Å². The first-order chi connectivity index (χ1) is 9.51. The molecule has 0 aliphatic carbocycles. The molecule has 1 aromatic carbocycles. The molecule has 0 fully saturated rings. The molecule has 5 heteroatoms. The molecule has 0 unspecified atom stereocenters. The molecular weight excluding hydrogens is 261 g/mol. The van der Waals surface area contributed by atoms with E-state index >= 15 is 0 Å². The number of hydrogen-bond acceptors (Lipinski definition) is 3. The van der Waals surface area contributed by atoms with E-state index in [-0.39, 0.29) is 23.4 Å². The first-order valence-corrected chi connectivity index (χ1v) is 5.98. The maximum absolute atomic E-state index is 12.9. The molecular formula is C15H14FNO3. The number of aromatic nitrogens is 1. The predicted octanol–water partition coefficient (Wildman–Crippen LogP) is 2.52. The highest BCUT2D eigenvalue weighted by Gasteiger charge is 2.08. The van der Waals surface area contributed by atoms with Crippen molar-refractivity contribution in [2.24, 2.45) is 0 Å². The number of benzene rings is 1. The van der Waals surface area contributed by atoms with Crippen LogP contribution in [0, 0.1) is 5.82 Å². The first kappa shape index (κ1) is 15.5. The van der Waals surface area contributed by atoms with E-state index in [0.717, 1.165) is 5.69 Å². The molecule has 0 atom stereocenters. The molecule has 4 nitrogen and oxygen atoms in total. The molecule has 0 saturated carbocycles. The Morgan fingerprint density at radius 1 is 1.05 bits per heavy atom. The van der Waals surface area contributed by atoms with Gasteiger partial charge in [0.2, 0.25) is 0 Å². The second-order valence-electron chi connectivity index (χ2n) is 4.34. The van der Waals surface area contributed by atoms with E-state index in [1.807, 2.05) is 19.9 Å². The number of nitrogens with zero attached hydrogens (tertiary/aromatic N) is 1. The number of pyridine rings is 1. The quantitative estimate of drug-likeness (QED) is 0.846. The third-order valence-corrected chi connectivity index (χ3v) is 2.66. The second-order valence-corrected chi connectivity index (χ2v) is 4.34. The Morgan fingerprint density at radius 3 is 2.10 bits per heavy atom. The predicted molar refractivity (Wildman–Crippen MR) is 71.1 cm³/mol. The van der Waals surface area contributed by atoms with Crippen LogP contribution in [0.4, 0.5) is 4.39 Å². The number of rotatable bonds is 2. The van der Waals surface area contributed by atoms with Crippen LogP contribution in [0.1, 0.15) is 25.5 Å². The molecule has 0 N–H and O–H groups in total. The van der Waals surface area contributed by atoms with Crippen molar-refractivity contribution in [3.05, 3.63) is 64.3 Å². The van der Waals surface area contributed by atoms with Crippen LogP contribution in [0.25, 0.3) is 5.69 Å². The molecule has 0 saturated heterocycles. The normalized spacial score (nSPS) is 9.60. The second kappa shape index (κ2) is 7.16. The summed E-state index contributed by atoms with van der Waals surface area (Å²) in [6.07, 6.45) is 0.250. The Hall–Kier alpha value is -2.52. The van der Waals surface area contributed by atoms with E-state index in [1.165, 1.54) is 18.2 Å². The van der Waals surface area contributed by atoms with Gasteiger partial charge in [-0.15, -0.1) is 0 Å². The van der Waals surface area contributed by atoms with Gasteiger partial charge in [0.25, 0.3) is 5.56 Å². The Balaban J connectivity index is 0.000000612. The summed E-state index contributed by atoms with van der Waals surface area (Å²) in [4.78, 5) is 28.1. The van der Waals surface area contributed by atoms with Gasteiger partial charge in [0, 0.05) is 17.4 Å². The zero-order valence-electron chi connectivity index (χ0n) is 11.2. The van der Waals surface area contributed by atoms with Crippen LogP contribution in [0.5, 0.6) is 0 Å². The summed E-state index contributed by atoms with van der Waals surface area (Å²) in [7, 11) is 0. The molecule has 0 amide bonds. The molecule has 0 spiro atoms. The number of carbonyl (C=O) groups excluding carboxylic acids is 2. The topological polar surface area (TPSA) is 56.1 Å². The molecule has 1 heterocycles. The van der Waals surface area contributed by atoms with Crippen molar-refractivity contribution in [2.75, 3.05) is 0 Å². The Labute approximate surface area is 115 Å². The van der Waals surface area contributed by atoms with Gasteiger partial charge in [0.05, 0.1) is 0 Å². The van der Waals surface area contributed by atoms with Gasteiger partial charge in [-0.1, -0.05) is 19.9 Å². The minimum atomic E-state index is -0.302. The highest BCUT2D eigenvalue weighted by molar-refractivity contribution is 5.35. The standard InChI is InChI=1S/C14H14FNO.CO2/c1-10(2)13-4-3-5-14(17)16(13)12-8-6-11(15)7-9-12;2-1-3/h3-10H,1-2H3;. The van der Waals surface area contributed by atoms with Gasteiger partial charge in [-0.2, -0.15) is 9.59 Å². The average Bonchev–Trinajstić information content (AvgIpc) is 2.40. The molecule has 104 valence electrons. The van der Waals surface area contributed by atoms with Crippen LogP contribution in [-0.2, 0) is 9.59 Å². The van der Waals surface area contributed by atoms with Crippen molar-refractivity contribution in [1.29, 1.82) is 0 Å². The molecule has 1 aromatic heterocycles. The van der Waals surface area contributed by atoms with Gasteiger partial charge in [-0.05, 0) is 36.2 Å². The molecule has 2 aromatic rings. The van der Waals surface area contributed by atoms with Crippen molar-refractivity contribution < 1.29 is 14.0 Å². The van der Waals surface area contributed by atoms with E-state index in [4.69, 9.17) is 9.59 Å². The van der Waals surface area contributed by atoms with Gasteiger partial charge in [0.1, 0.15) is 5.82 Å². The molecule has 0 aliphatic heterocycles. The van der Waals surface area contributed by atoms with Crippen molar-refractivity contribution >= 4 is 6.15 Å². The van der Waals surface area contributed by atoms with E-state index in [1.54, 1.807) is 22.8 Å². The van der Waals surface area contributed by atoms with Gasteiger partial charge in [0.15, 0.2) is 0 Å². The van der Waals surface area contributed by atoms with E-state index in [0.29, 0.717) is 5.69 Å². The average molecular weight is 275 g/mol. The fourth-order valence-electron chi connectivity index (χ4n) is 1.82. The summed E-state index contributed by atoms with van der Waals surface area (Å²) >= 11 is 0. The lowest BCUT2D eigenvalue weighted by atomic mass is 10.1. The van der Waals surface area contributed by atoms with Crippen LogP contribution in [0.3, 0.4) is 0 Å². The zero-order chi connectivity index (χ0) is 15.1. The minimum absolute atomic E-state index is 0.0946. The summed E-state index contributed by atoms with van der Waals surface area (Å²) in [5.74, 6) is -0.0715. The molecule has 0 radical (unpaired) electrons. The maximum Gasteiger partial charge on any atom is 0.373 e. The van der Waals surface area contributed by atoms with E-state index in [9.17, 15) is 9.18 Å². The molecule has 0 bridgehead atoms. The van der Waals surface area contributed by atoms with Crippen molar-refractivity contribution in [1.82, 2.24) is 4.57 Å². The Bertz CT molecular complexity index is 654. The Kier molecular flexibility index (Phi) is 5.56. The molecule has 20 heavy (non-hydrogen) atoms. The fourth-order valence-corrected chi connectivity index (χ4v) is 1.82. The van der Waals surface area contributed by atoms with Crippen LogP contribution < -0.4 is 5.56 Å². The van der Waals surface area contributed by atoms with Crippen LogP contribution >= 0.6 is 0 Å². The van der Waals surface area contributed by atoms with Crippen molar-refractivity contribution in [3.8, 4) is 5.69 Å². The number of halogens is 1. The third-order valence-electron chi connectivity index (χ3n) is 2.66. The summed E-state index contributed by atoms with van der Waals surface area (Å²) in [5.41, 5.74) is 1.52. The third kappa shape index (κ3) is 3.73. The summed E-state index contributed by atoms with van der Waals surface area (Å²) < 4.78 is 14.5. The SMILES string of the molecule is CC(C)c1cccc(=O)n1-c1ccc(F)cc1.O=C=O. The zero-order valence-corrected chi connectivity index (χ0v) is 11.2. The van der Waals surface area contributed by atoms with Crippen LogP contribution in [-0.4, -0.2) is 10.7 Å².